The molecular formula is C14H14BrNO3. The lowest BCUT2D eigenvalue weighted by molar-refractivity contribution is 0.0789. The molecule has 0 bridgehead atoms. The summed E-state index contributed by atoms with van der Waals surface area (Å²) in [6.45, 7) is 8.42. The number of halogens is 1. The van der Waals surface area contributed by atoms with Crippen molar-refractivity contribution in [3.8, 4) is 11.5 Å². The predicted octanol–water partition coefficient (Wildman–Crippen LogP) is 2.99. The molecule has 100 valence electrons. The van der Waals surface area contributed by atoms with Gasteiger partial charge in [0.25, 0.3) is 5.91 Å². The molecule has 5 heteroatoms. The molecule has 0 saturated heterocycles. The number of fused-ring (bicyclic) bond motifs is 1. The standard InChI is InChI=1S/C14H14BrNO3/c1-3-5-16(6-4-2)14(17)10-7-12-13(8-11(10)15)19-9-18-12/h3-4,7-8H,1-2,5-6,9H2. The van der Waals surface area contributed by atoms with E-state index in [0.717, 1.165) is 0 Å². The van der Waals surface area contributed by atoms with Gasteiger partial charge in [0.15, 0.2) is 11.5 Å². The highest BCUT2D eigenvalue weighted by molar-refractivity contribution is 9.10. The molecule has 0 aliphatic carbocycles. The topological polar surface area (TPSA) is 38.8 Å². The Kier molecular flexibility index (Phi) is 4.27. The van der Waals surface area contributed by atoms with Crippen molar-refractivity contribution in [2.45, 2.75) is 0 Å². The van der Waals surface area contributed by atoms with Gasteiger partial charge in [0.1, 0.15) is 0 Å². The Hall–Kier alpha value is -1.75. The van der Waals surface area contributed by atoms with Crippen LogP contribution in [0.2, 0.25) is 0 Å². The first kappa shape index (κ1) is 13.7. The van der Waals surface area contributed by atoms with Crippen molar-refractivity contribution in [3.05, 3.63) is 47.5 Å². The molecule has 1 heterocycles. The molecule has 0 unspecified atom stereocenters. The molecular weight excluding hydrogens is 310 g/mol. The Morgan fingerprint density at radius 3 is 2.42 bits per heavy atom. The molecule has 1 aliphatic heterocycles. The molecule has 0 atom stereocenters. The zero-order chi connectivity index (χ0) is 13.8. The number of rotatable bonds is 5. The molecule has 1 amide bonds. The van der Waals surface area contributed by atoms with Gasteiger partial charge in [-0.15, -0.1) is 13.2 Å². The summed E-state index contributed by atoms with van der Waals surface area (Å²) in [4.78, 5) is 14.1. The van der Waals surface area contributed by atoms with E-state index in [4.69, 9.17) is 9.47 Å². The third-order valence-electron chi connectivity index (χ3n) is 2.68. The van der Waals surface area contributed by atoms with Gasteiger partial charge >= 0.3 is 0 Å². The predicted molar refractivity (Wildman–Crippen MR) is 76.6 cm³/mol. The van der Waals surface area contributed by atoms with Crippen LogP contribution < -0.4 is 9.47 Å². The smallest absolute Gasteiger partial charge is 0.255 e. The third kappa shape index (κ3) is 2.81. The fraction of sp³-hybridized carbons (Fsp3) is 0.214. The maximum absolute atomic E-state index is 12.4. The minimum Gasteiger partial charge on any atom is -0.454 e. The minimum atomic E-state index is -0.107. The summed E-state index contributed by atoms with van der Waals surface area (Å²) in [7, 11) is 0. The van der Waals surface area contributed by atoms with E-state index in [0.29, 0.717) is 34.6 Å². The second kappa shape index (κ2) is 5.93. The zero-order valence-electron chi connectivity index (χ0n) is 10.4. The van der Waals surface area contributed by atoms with Crippen molar-refractivity contribution in [1.82, 2.24) is 4.90 Å². The highest BCUT2D eigenvalue weighted by atomic mass is 79.9. The van der Waals surface area contributed by atoms with E-state index >= 15 is 0 Å². The van der Waals surface area contributed by atoms with Crippen molar-refractivity contribution in [1.29, 1.82) is 0 Å². The maximum atomic E-state index is 12.4. The first-order chi connectivity index (χ1) is 9.17. The normalized spacial score (nSPS) is 12.1. The fourth-order valence-corrected chi connectivity index (χ4v) is 2.30. The molecule has 19 heavy (non-hydrogen) atoms. The van der Waals surface area contributed by atoms with Crippen LogP contribution in [0.4, 0.5) is 0 Å². The van der Waals surface area contributed by atoms with E-state index in [9.17, 15) is 4.79 Å². The van der Waals surface area contributed by atoms with Crippen molar-refractivity contribution in [3.63, 3.8) is 0 Å². The van der Waals surface area contributed by atoms with E-state index in [1.165, 1.54) is 0 Å². The molecule has 0 fully saturated rings. The second-order valence-corrected chi connectivity index (χ2v) is 4.83. The van der Waals surface area contributed by atoms with Crippen molar-refractivity contribution < 1.29 is 14.3 Å². The van der Waals surface area contributed by atoms with Gasteiger partial charge in [-0.2, -0.15) is 0 Å². The average molecular weight is 324 g/mol. The van der Waals surface area contributed by atoms with Crippen LogP contribution in [-0.2, 0) is 0 Å². The number of hydrogen-bond donors (Lipinski definition) is 0. The van der Waals surface area contributed by atoms with Crippen molar-refractivity contribution in [2.75, 3.05) is 19.9 Å². The quantitative estimate of drug-likeness (QED) is 0.782. The van der Waals surface area contributed by atoms with Gasteiger partial charge in [0.05, 0.1) is 5.56 Å². The van der Waals surface area contributed by atoms with Gasteiger partial charge in [-0.3, -0.25) is 4.79 Å². The van der Waals surface area contributed by atoms with Gasteiger partial charge in [-0.1, -0.05) is 12.2 Å². The van der Waals surface area contributed by atoms with Crippen molar-refractivity contribution in [2.24, 2.45) is 0 Å². The summed E-state index contributed by atoms with van der Waals surface area (Å²) in [5.41, 5.74) is 0.535. The largest absolute Gasteiger partial charge is 0.454 e. The molecule has 0 aromatic heterocycles. The van der Waals surface area contributed by atoms with Gasteiger partial charge < -0.3 is 14.4 Å². The SMILES string of the molecule is C=CCN(CC=C)C(=O)c1cc2c(cc1Br)OCO2. The van der Waals surface area contributed by atoms with E-state index in [-0.39, 0.29) is 12.7 Å². The molecule has 2 rings (SSSR count). The fourth-order valence-electron chi connectivity index (χ4n) is 1.80. The molecule has 1 aromatic rings. The average Bonchev–Trinajstić information content (AvgIpc) is 2.83. The number of hydrogen-bond acceptors (Lipinski definition) is 3. The molecule has 1 aliphatic rings. The molecule has 0 spiro atoms. The summed E-state index contributed by atoms with van der Waals surface area (Å²) in [5.74, 6) is 1.12. The lowest BCUT2D eigenvalue weighted by Crippen LogP contribution is -2.31. The van der Waals surface area contributed by atoms with Crippen LogP contribution in [0.5, 0.6) is 11.5 Å². The molecule has 4 nitrogen and oxygen atoms in total. The lowest BCUT2D eigenvalue weighted by atomic mass is 10.1. The molecule has 1 aromatic carbocycles. The van der Waals surface area contributed by atoms with Crippen LogP contribution in [0.1, 0.15) is 10.4 Å². The summed E-state index contributed by atoms with van der Waals surface area (Å²) >= 11 is 3.39. The summed E-state index contributed by atoms with van der Waals surface area (Å²) in [5, 5.41) is 0. The van der Waals surface area contributed by atoms with Crippen LogP contribution in [0.25, 0.3) is 0 Å². The Bertz CT molecular complexity index is 518. The number of carbonyl (C=O) groups is 1. The highest BCUT2D eigenvalue weighted by Gasteiger charge is 2.22. The number of ether oxygens (including phenoxy) is 2. The number of amides is 1. The van der Waals surface area contributed by atoms with Crippen LogP contribution in [0.15, 0.2) is 41.9 Å². The van der Waals surface area contributed by atoms with E-state index in [1.807, 2.05) is 0 Å². The number of nitrogens with zero attached hydrogens (tertiary/aromatic N) is 1. The Labute approximate surface area is 120 Å². The number of benzene rings is 1. The first-order valence-electron chi connectivity index (χ1n) is 5.77. The lowest BCUT2D eigenvalue weighted by Gasteiger charge is -2.20. The van der Waals surface area contributed by atoms with Crippen LogP contribution in [0.3, 0.4) is 0 Å². The van der Waals surface area contributed by atoms with Gasteiger partial charge in [0.2, 0.25) is 6.79 Å². The third-order valence-corrected chi connectivity index (χ3v) is 3.33. The molecule has 0 radical (unpaired) electrons. The summed E-state index contributed by atoms with van der Waals surface area (Å²) in [6.07, 6.45) is 3.37. The van der Waals surface area contributed by atoms with Crippen LogP contribution in [-0.4, -0.2) is 30.7 Å². The van der Waals surface area contributed by atoms with Gasteiger partial charge in [-0.05, 0) is 28.1 Å². The monoisotopic (exact) mass is 323 g/mol. The Morgan fingerprint density at radius 2 is 1.84 bits per heavy atom. The zero-order valence-corrected chi connectivity index (χ0v) is 12.0. The van der Waals surface area contributed by atoms with Crippen molar-refractivity contribution >= 4 is 21.8 Å². The summed E-state index contributed by atoms with van der Waals surface area (Å²) < 4.78 is 11.2. The van der Waals surface area contributed by atoms with Gasteiger partial charge in [-0.25, -0.2) is 0 Å². The Balaban J connectivity index is 2.32. The van der Waals surface area contributed by atoms with E-state index in [2.05, 4.69) is 29.1 Å². The number of carbonyl (C=O) groups excluding carboxylic acids is 1. The molecule has 0 saturated carbocycles. The van der Waals surface area contributed by atoms with E-state index < -0.39 is 0 Å². The van der Waals surface area contributed by atoms with E-state index in [1.54, 1.807) is 29.2 Å². The minimum absolute atomic E-state index is 0.107. The van der Waals surface area contributed by atoms with Crippen LogP contribution >= 0.6 is 15.9 Å². The van der Waals surface area contributed by atoms with Gasteiger partial charge in [0, 0.05) is 17.6 Å². The summed E-state index contributed by atoms with van der Waals surface area (Å²) in [6, 6.07) is 3.43. The second-order valence-electron chi connectivity index (χ2n) is 3.97. The Morgan fingerprint density at radius 1 is 1.26 bits per heavy atom. The molecule has 0 N–H and O–H groups in total. The first-order valence-corrected chi connectivity index (χ1v) is 6.57. The van der Waals surface area contributed by atoms with Crippen LogP contribution in [0, 0.1) is 0 Å². The maximum Gasteiger partial charge on any atom is 0.255 e. The highest BCUT2D eigenvalue weighted by Crippen LogP contribution is 2.37.